The van der Waals surface area contributed by atoms with Crippen molar-refractivity contribution in [1.82, 2.24) is 20.2 Å². The van der Waals surface area contributed by atoms with Crippen molar-refractivity contribution in [3.8, 4) is 5.69 Å². The lowest BCUT2D eigenvalue weighted by Crippen LogP contribution is -2.02. The Morgan fingerprint density at radius 1 is 1.14 bits per heavy atom. The average molecular weight is 331 g/mol. The van der Waals surface area contributed by atoms with Crippen LogP contribution in [-0.4, -0.2) is 20.2 Å². The SMILES string of the molecule is Cc1cccc(-n2nnnc2SCc2cccc(Cl)c2)c1C. The Bertz CT molecular complexity index is 800. The first kappa shape index (κ1) is 15.1. The van der Waals surface area contributed by atoms with E-state index in [4.69, 9.17) is 11.6 Å². The normalized spacial score (nSPS) is 10.9. The molecule has 3 rings (SSSR count). The minimum Gasteiger partial charge on any atom is -0.187 e. The van der Waals surface area contributed by atoms with Crippen LogP contribution in [0.2, 0.25) is 5.02 Å². The average Bonchev–Trinajstić information content (AvgIpc) is 2.96. The van der Waals surface area contributed by atoms with Crippen LogP contribution in [0.5, 0.6) is 0 Å². The molecule has 1 heterocycles. The maximum absolute atomic E-state index is 6.02. The van der Waals surface area contributed by atoms with Gasteiger partial charge in [0.15, 0.2) is 0 Å². The summed E-state index contributed by atoms with van der Waals surface area (Å²) in [6.45, 7) is 4.17. The molecule has 0 aliphatic carbocycles. The number of aromatic nitrogens is 4. The largest absolute Gasteiger partial charge is 0.214 e. The summed E-state index contributed by atoms with van der Waals surface area (Å²) < 4.78 is 1.79. The van der Waals surface area contributed by atoms with E-state index < -0.39 is 0 Å². The van der Waals surface area contributed by atoms with E-state index in [1.165, 1.54) is 11.1 Å². The molecule has 0 fully saturated rings. The molecule has 0 aliphatic rings. The van der Waals surface area contributed by atoms with Crippen molar-refractivity contribution in [1.29, 1.82) is 0 Å². The summed E-state index contributed by atoms with van der Waals surface area (Å²) in [6, 6.07) is 14.0. The van der Waals surface area contributed by atoms with E-state index in [0.717, 1.165) is 27.2 Å². The Morgan fingerprint density at radius 3 is 2.77 bits per heavy atom. The number of aryl methyl sites for hydroxylation is 1. The van der Waals surface area contributed by atoms with Crippen LogP contribution in [0.15, 0.2) is 47.6 Å². The van der Waals surface area contributed by atoms with Crippen LogP contribution in [0.3, 0.4) is 0 Å². The quantitative estimate of drug-likeness (QED) is 0.672. The molecule has 0 saturated heterocycles. The molecule has 0 radical (unpaired) electrons. The second-order valence-corrected chi connectivity index (χ2v) is 6.39. The zero-order chi connectivity index (χ0) is 15.5. The van der Waals surface area contributed by atoms with Gasteiger partial charge in [-0.2, -0.15) is 4.68 Å². The molecule has 0 bridgehead atoms. The van der Waals surface area contributed by atoms with Crippen molar-refractivity contribution in [2.24, 2.45) is 0 Å². The van der Waals surface area contributed by atoms with Gasteiger partial charge in [0, 0.05) is 10.8 Å². The number of nitrogens with zero attached hydrogens (tertiary/aromatic N) is 4. The third-order valence-corrected chi connectivity index (χ3v) is 4.73. The molecule has 2 aromatic carbocycles. The highest BCUT2D eigenvalue weighted by molar-refractivity contribution is 7.98. The van der Waals surface area contributed by atoms with Crippen LogP contribution in [-0.2, 0) is 5.75 Å². The molecule has 0 atom stereocenters. The number of benzene rings is 2. The fourth-order valence-corrected chi connectivity index (χ4v) is 3.20. The van der Waals surface area contributed by atoms with Crippen molar-refractivity contribution >= 4 is 23.4 Å². The molecular weight excluding hydrogens is 316 g/mol. The van der Waals surface area contributed by atoms with E-state index in [-0.39, 0.29) is 0 Å². The first-order chi connectivity index (χ1) is 10.6. The topological polar surface area (TPSA) is 43.6 Å². The second kappa shape index (κ2) is 6.50. The molecule has 0 saturated carbocycles. The van der Waals surface area contributed by atoms with Gasteiger partial charge < -0.3 is 0 Å². The van der Waals surface area contributed by atoms with Crippen molar-refractivity contribution in [3.63, 3.8) is 0 Å². The van der Waals surface area contributed by atoms with E-state index in [0.29, 0.717) is 0 Å². The highest BCUT2D eigenvalue weighted by Gasteiger charge is 2.12. The van der Waals surface area contributed by atoms with E-state index in [1.807, 2.05) is 36.4 Å². The fraction of sp³-hybridized carbons (Fsp3) is 0.188. The Balaban J connectivity index is 1.85. The molecule has 0 spiro atoms. The minimum absolute atomic E-state index is 0.743. The van der Waals surface area contributed by atoms with Gasteiger partial charge in [-0.15, -0.1) is 5.10 Å². The van der Waals surface area contributed by atoms with E-state index in [1.54, 1.807) is 16.4 Å². The van der Waals surface area contributed by atoms with Gasteiger partial charge in [-0.05, 0) is 59.2 Å². The zero-order valence-electron chi connectivity index (χ0n) is 12.3. The highest BCUT2D eigenvalue weighted by atomic mass is 35.5. The van der Waals surface area contributed by atoms with Gasteiger partial charge in [-0.3, -0.25) is 0 Å². The van der Waals surface area contributed by atoms with Crippen LogP contribution < -0.4 is 0 Å². The molecule has 4 nitrogen and oxygen atoms in total. The number of tetrazole rings is 1. The van der Waals surface area contributed by atoms with Gasteiger partial charge in [0.05, 0.1) is 5.69 Å². The number of thioether (sulfide) groups is 1. The van der Waals surface area contributed by atoms with E-state index in [2.05, 4.69) is 35.4 Å². The number of rotatable bonds is 4. The summed E-state index contributed by atoms with van der Waals surface area (Å²) in [5.74, 6) is 0.770. The van der Waals surface area contributed by atoms with E-state index in [9.17, 15) is 0 Å². The zero-order valence-corrected chi connectivity index (χ0v) is 13.9. The predicted molar refractivity (Wildman–Crippen MR) is 89.6 cm³/mol. The molecule has 0 N–H and O–H groups in total. The lowest BCUT2D eigenvalue weighted by atomic mass is 10.1. The molecule has 0 unspecified atom stereocenters. The third kappa shape index (κ3) is 3.15. The smallest absolute Gasteiger partial charge is 0.187 e. The predicted octanol–water partition coefficient (Wildman–Crippen LogP) is 4.22. The molecule has 6 heteroatoms. The molecular formula is C16H15ClN4S. The number of hydrogen-bond acceptors (Lipinski definition) is 4. The standard InChI is InChI=1S/C16H15ClN4S/c1-11-5-3-8-15(12(11)2)21-16(18-19-20-21)22-10-13-6-4-7-14(17)9-13/h3-9H,10H2,1-2H3. The summed E-state index contributed by atoms with van der Waals surface area (Å²) in [6.07, 6.45) is 0. The van der Waals surface area contributed by atoms with Crippen molar-refractivity contribution in [2.75, 3.05) is 0 Å². The Labute approximate surface area is 138 Å². The molecule has 1 aromatic heterocycles. The van der Waals surface area contributed by atoms with Crippen molar-refractivity contribution in [2.45, 2.75) is 24.8 Å². The van der Waals surface area contributed by atoms with Crippen LogP contribution in [0.1, 0.15) is 16.7 Å². The van der Waals surface area contributed by atoms with E-state index >= 15 is 0 Å². The summed E-state index contributed by atoms with van der Waals surface area (Å²) in [4.78, 5) is 0. The molecule has 22 heavy (non-hydrogen) atoms. The van der Waals surface area contributed by atoms with Crippen LogP contribution in [0.4, 0.5) is 0 Å². The summed E-state index contributed by atoms with van der Waals surface area (Å²) in [5.41, 5.74) is 4.56. The summed E-state index contributed by atoms with van der Waals surface area (Å²) >= 11 is 7.61. The molecule has 0 aliphatic heterocycles. The maximum atomic E-state index is 6.02. The van der Waals surface area contributed by atoms with Crippen LogP contribution in [0, 0.1) is 13.8 Å². The Hall–Kier alpha value is -1.85. The Morgan fingerprint density at radius 2 is 1.95 bits per heavy atom. The second-order valence-electron chi connectivity index (χ2n) is 5.01. The number of hydrogen-bond donors (Lipinski definition) is 0. The third-order valence-electron chi connectivity index (χ3n) is 3.50. The van der Waals surface area contributed by atoms with Gasteiger partial charge >= 0.3 is 0 Å². The fourth-order valence-electron chi connectivity index (χ4n) is 2.16. The van der Waals surface area contributed by atoms with Crippen molar-refractivity contribution in [3.05, 3.63) is 64.2 Å². The van der Waals surface area contributed by atoms with Gasteiger partial charge in [0.25, 0.3) is 0 Å². The lowest BCUT2D eigenvalue weighted by Gasteiger charge is -2.09. The first-order valence-corrected chi connectivity index (χ1v) is 8.24. The van der Waals surface area contributed by atoms with Gasteiger partial charge in [0.1, 0.15) is 0 Å². The van der Waals surface area contributed by atoms with Gasteiger partial charge in [0.2, 0.25) is 5.16 Å². The maximum Gasteiger partial charge on any atom is 0.214 e. The number of halogens is 1. The molecule has 112 valence electrons. The van der Waals surface area contributed by atoms with Crippen LogP contribution >= 0.6 is 23.4 Å². The van der Waals surface area contributed by atoms with Crippen LogP contribution in [0.25, 0.3) is 5.69 Å². The van der Waals surface area contributed by atoms with Gasteiger partial charge in [-0.25, -0.2) is 0 Å². The Kier molecular flexibility index (Phi) is 4.45. The van der Waals surface area contributed by atoms with Gasteiger partial charge in [-0.1, -0.05) is 47.6 Å². The minimum atomic E-state index is 0.743. The van der Waals surface area contributed by atoms with Crippen molar-refractivity contribution < 1.29 is 0 Å². The summed E-state index contributed by atoms with van der Waals surface area (Å²) in [5, 5.41) is 13.6. The molecule has 3 aromatic rings. The monoisotopic (exact) mass is 330 g/mol. The highest BCUT2D eigenvalue weighted by Crippen LogP contribution is 2.25. The molecule has 0 amide bonds. The first-order valence-electron chi connectivity index (χ1n) is 6.87. The summed E-state index contributed by atoms with van der Waals surface area (Å²) in [7, 11) is 0. The lowest BCUT2D eigenvalue weighted by molar-refractivity contribution is 0.751.